The molecule has 0 amide bonds. The molecule has 0 radical (unpaired) electrons. The van der Waals surface area contributed by atoms with Gasteiger partial charge < -0.3 is 10.0 Å². The van der Waals surface area contributed by atoms with Crippen molar-refractivity contribution in [3.8, 4) is 11.8 Å². The second-order valence-electron chi connectivity index (χ2n) is 2.19. The zero-order valence-electron chi connectivity index (χ0n) is 6.65. The lowest BCUT2D eigenvalue weighted by Crippen LogP contribution is -2.32. The van der Waals surface area contributed by atoms with Crippen molar-refractivity contribution in [1.29, 1.82) is 0 Å². The molecule has 4 heteroatoms. The second-order valence-corrected chi connectivity index (χ2v) is 2.19. The molecule has 0 spiro atoms. The molecule has 1 aromatic rings. The highest BCUT2D eigenvalue weighted by atomic mass is 16.4. The smallest absolute Gasteiger partial charge is 0.423 e. The highest BCUT2D eigenvalue weighted by Crippen LogP contribution is 1.88. The Morgan fingerprint density at radius 2 is 2.25 bits per heavy atom. The molecule has 0 bridgehead atoms. The Morgan fingerprint density at radius 3 is 2.83 bits per heavy atom. The normalized spacial score (nSPS) is 8.58. The lowest BCUT2D eigenvalue weighted by atomic mass is 9.79. The maximum absolute atomic E-state index is 8.88. The van der Waals surface area contributed by atoms with Gasteiger partial charge in [-0.2, -0.15) is 0 Å². The van der Waals surface area contributed by atoms with E-state index in [1.165, 1.54) is 0 Å². The average Bonchev–Trinajstić information content (AvgIpc) is 2.05. The Kier molecular flexibility index (Phi) is 2.86. The van der Waals surface area contributed by atoms with Crippen LogP contribution in [0.4, 0.5) is 0 Å². The molecule has 0 saturated carbocycles. The molecule has 0 aliphatic carbocycles. The first-order valence-electron chi connectivity index (χ1n) is 3.49. The van der Waals surface area contributed by atoms with Crippen molar-refractivity contribution in [2.24, 2.45) is 0 Å². The van der Waals surface area contributed by atoms with Crippen molar-refractivity contribution in [2.75, 3.05) is 0 Å². The topological polar surface area (TPSA) is 53.4 Å². The Balaban J connectivity index is 3.14. The zero-order chi connectivity index (χ0) is 8.97. The summed E-state index contributed by atoms with van der Waals surface area (Å²) in [6.07, 6.45) is 1.56. The van der Waals surface area contributed by atoms with E-state index in [-0.39, 0.29) is 0 Å². The monoisotopic (exact) mass is 161 g/mol. The van der Waals surface area contributed by atoms with E-state index in [0.717, 1.165) is 0 Å². The summed E-state index contributed by atoms with van der Waals surface area (Å²) in [6.45, 7) is 1.67. The second kappa shape index (κ2) is 3.91. The van der Waals surface area contributed by atoms with E-state index in [0.29, 0.717) is 11.2 Å². The molecule has 0 aromatic carbocycles. The van der Waals surface area contributed by atoms with E-state index in [1.807, 2.05) is 0 Å². The molecule has 60 valence electrons. The molecule has 1 rings (SSSR count). The van der Waals surface area contributed by atoms with Gasteiger partial charge in [0.1, 0.15) is 5.69 Å². The van der Waals surface area contributed by atoms with E-state index >= 15 is 0 Å². The first-order valence-corrected chi connectivity index (χ1v) is 3.49. The minimum atomic E-state index is -1.51. The van der Waals surface area contributed by atoms with Crippen molar-refractivity contribution in [3.63, 3.8) is 0 Å². The van der Waals surface area contributed by atoms with E-state index < -0.39 is 7.12 Å². The van der Waals surface area contributed by atoms with Crippen molar-refractivity contribution >= 4 is 12.6 Å². The maximum Gasteiger partial charge on any atom is 0.491 e. The molecule has 3 nitrogen and oxygen atoms in total. The van der Waals surface area contributed by atoms with Crippen LogP contribution in [0.1, 0.15) is 12.6 Å². The lowest BCUT2D eigenvalue weighted by molar-refractivity contribution is 0.425. The fraction of sp³-hybridized carbons (Fsp3) is 0.125. The van der Waals surface area contributed by atoms with Crippen LogP contribution in [-0.2, 0) is 0 Å². The molecule has 0 atom stereocenters. The van der Waals surface area contributed by atoms with E-state index in [1.54, 1.807) is 25.3 Å². The molecule has 0 aliphatic heterocycles. The Labute approximate surface area is 71.2 Å². The largest absolute Gasteiger partial charge is 0.491 e. The van der Waals surface area contributed by atoms with Gasteiger partial charge in [0.05, 0.1) is 0 Å². The fourth-order valence-corrected chi connectivity index (χ4v) is 0.849. The van der Waals surface area contributed by atoms with Gasteiger partial charge in [-0.05, 0) is 18.9 Å². The van der Waals surface area contributed by atoms with Crippen LogP contribution in [0.25, 0.3) is 0 Å². The first kappa shape index (κ1) is 8.79. The highest BCUT2D eigenvalue weighted by Gasteiger charge is 2.14. The van der Waals surface area contributed by atoms with E-state index in [4.69, 9.17) is 10.0 Å². The molecule has 0 fully saturated rings. The SMILES string of the molecule is CC#Cc1ncccc1B(O)O. The van der Waals surface area contributed by atoms with Gasteiger partial charge in [-0.3, -0.25) is 0 Å². The quantitative estimate of drug-likeness (QED) is 0.416. The number of rotatable bonds is 1. The fourth-order valence-electron chi connectivity index (χ4n) is 0.849. The van der Waals surface area contributed by atoms with E-state index in [9.17, 15) is 0 Å². The number of nitrogens with zero attached hydrogens (tertiary/aromatic N) is 1. The van der Waals surface area contributed by atoms with Crippen LogP contribution < -0.4 is 5.46 Å². The molecule has 0 saturated heterocycles. The van der Waals surface area contributed by atoms with Crippen molar-refractivity contribution in [1.82, 2.24) is 4.98 Å². The maximum atomic E-state index is 8.88. The van der Waals surface area contributed by atoms with Crippen molar-refractivity contribution in [2.45, 2.75) is 6.92 Å². The molecule has 1 heterocycles. The van der Waals surface area contributed by atoms with Gasteiger partial charge in [0.15, 0.2) is 0 Å². The predicted molar refractivity (Wildman–Crippen MR) is 46.6 cm³/mol. The van der Waals surface area contributed by atoms with Gasteiger partial charge in [0.2, 0.25) is 0 Å². The first-order chi connectivity index (χ1) is 5.75. The summed E-state index contributed by atoms with van der Waals surface area (Å²) < 4.78 is 0. The van der Waals surface area contributed by atoms with E-state index in [2.05, 4.69) is 16.8 Å². The third-order valence-electron chi connectivity index (χ3n) is 1.36. The van der Waals surface area contributed by atoms with Crippen LogP contribution in [0.15, 0.2) is 18.3 Å². The van der Waals surface area contributed by atoms with Crippen molar-refractivity contribution < 1.29 is 10.0 Å². The summed E-state index contributed by atoms with van der Waals surface area (Å²) >= 11 is 0. The standard InChI is InChI=1S/C8H8BNO2/c1-2-4-8-7(9(11)12)5-3-6-10-8/h3,5-6,11-12H,1H3. The van der Waals surface area contributed by atoms with Crippen LogP contribution >= 0.6 is 0 Å². The number of aromatic nitrogens is 1. The molecular weight excluding hydrogens is 153 g/mol. The Bertz CT molecular complexity index is 327. The molecule has 2 N–H and O–H groups in total. The average molecular weight is 161 g/mol. The van der Waals surface area contributed by atoms with Crippen LogP contribution in [0.2, 0.25) is 0 Å². The van der Waals surface area contributed by atoms with Gasteiger partial charge in [-0.15, -0.1) is 0 Å². The molecule has 0 aliphatic rings. The van der Waals surface area contributed by atoms with Crippen LogP contribution in [-0.4, -0.2) is 22.2 Å². The summed E-state index contributed by atoms with van der Waals surface area (Å²) in [6, 6.07) is 3.22. The summed E-state index contributed by atoms with van der Waals surface area (Å²) in [7, 11) is -1.51. The minimum Gasteiger partial charge on any atom is -0.423 e. The summed E-state index contributed by atoms with van der Waals surface area (Å²) in [5, 5.41) is 17.8. The van der Waals surface area contributed by atoms with Gasteiger partial charge >= 0.3 is 7.12 Å². The predicted octanol–water partition coefficient (Wildman–Crippen LogP) is -0.867. The molecule has 12 heavy (non-hydrogen) atoms. The third kappa shape index (κ3) is 1.85. The van der Waals surface area contributed by atoms with Crippen LogP contribution in [0, 0.1) is 11.8 Å². The van der Waals surface area contributed by atoms with Gasteiger partial charge in [-0.1, -0.05) is 12.0 Å². The molecule has 0 unspecified atom stereocenters. The van der Waals surface area contributed by atoms with Crippen LogP contribution in [0.5, 0.6) is 0 Å². The summed E-state index contributed by atoms with van der Waals surface area (Å²) in [5.74, 6) is 5.32. The Hall–Kier alpha value is -1.31. The Morgan fingerprint density at radius 1 is 1.50 bits per heavy atom. The molecular formula is C8H8BNO2. The van der Waals surface area contributed by atoms with Gasteiger partial charge in [-0.25, -0.2) is 4.98 Å². The lowest BCUT2D eigenvalue weighted by Gasteiger charge is -1.99. The number of hydrogen-bond donors (Lipinski definition) is 2. The number of pyridine rings is 1. The van der Waals surface area contributed by atoms with Gasteiger partial charge in [0.25, 0.3) is 0 Å². The highest BCUT2D eigenvalue weighted by molar-refractivity contribution is 6.59. The van der Waals surface area contributed by atoms with Crippen LogP contribution in [0.3, 0.4) is 0 Å². The summed E-state index contributed by atoms with van der Waals surface area (Å²) in [4.78, 5) is 3.90. The van der Waals surface area contributed by atoms with Crippen molar-refractivity contribution in [3.05, 3.63) is 24.0 Å². The molecule has 1 aromatic heterocycles. The van der Waals surface area contributed by atoms with Gasteiger partial charge in [0, 0.05) is 11.7 Å². The summed E-state index contributed by atoms with van der Waals surface area (Å²) in [5.41, 5.74) is 0.752. The zero-order valence-corrected chi connectivity index (χ0v) is 6.65. The number of hydrogen-bond acceptors (Lipinski definition) is 3. The minimum absolute atomic E-state index is 0.340. The third-order valence-corrected chi connectivity index (χ3v) is 1.36.